The third kappa shape index (κ3) is 1.56. The van der Waals surface area contributed by atoms with Crippen molar-refractivity contribution in [2.24, 2.45) is 5.41 Å². The van der Waals surface area contributed by atoms with Crippen LogP contribution in [0.15, 0.2) is 29.6 Å². The molecule has 0 aliphatic carbocycles. The Morgan fingerprint density at radius 2 is 1.77 bits per heavy atom. The minimum Gasteiger partial charge on any atom is -0.353 e. The van der Waals surface area contributed by atoms with Gasteiger partial charge in [0, 0.05) is 26.2 Å². The highest BCUT2D eigenvalue weighted by molar-refractivity contribution is 7.27. The predicted octanol–water partition coefficient (Wildman–Crippen LogP) is 7.39. The van der Waals surface area contributed by atoms with E-state index in [1.165, 1.54) is 26.2 Å². The van der Waals surface area contributed by atoms with Crippen LogP contribution in [-0.2, 0) is 11.0 Å². The highest BCUT2D eigenvalue weighted by Gasteiger charge is 2.64. The average molecular weight is 382 g/mol. The van der Waals surface area contributed by atoms with Crippen LogP contribution in [0.1, 0.15) is 69.2 Å². The first-order valence-corrected chi connectivity index (χ1v) is 11.2. The number of hydrogen-bond donors (Lipinski definition) is 0. The van der Waals surface area contributed by atoms with Crippen molar-refractivity contribution in [3.63, 3.8) is 0 Å². The lowest BCUT2D eigenvalue weighted by Crippen LogP contribution is -2.62. The molecule has 0 amide bonds. The van der Waals surface area contributed by atoms with E-state index in [1.807, 2.05) is 22.7 Å². The lowest BCUT2D eigenvalue weighted by molar-refractivity contribution is 0.0661. The molecule has 136 valence electrons. The molecule has 26 heavy (non-hydrogen) atoms. The molecular weight excluding hydrogens is 354 g/mol. The van der Waals surface area contributed by atoms with E-state index in [1.54, 1.807) is 10.4 Å². The zero-order valence-corrected chi connectivity index (χ0v) is 18.4. The Kier molecular flexibility index (Phi) is 3.07. The van der Waals surface area contributed by atoms with Crippen LogP contribution in [0.3, 0.4) is 0 Å². The average Bonchev–Trinajstić information content (AvgIpc) is 3.19. The van der Waals surface area contributed by atoms with Gasteiger partial charge in [-0.2, -0.15) is 0 Å². The van der Waals surface area contributed by atoms with Crippen LogP contribution < -0.4 is 4.90 Å². The van der Waals surface area contributed by atoms with Crippen molar-refractivity contribution < 1.29 is 0 Å². The van der Waals surface area contributed by atoms with Crippen molar-refractivity contribution in [2.45, 2.75) is 65.5 Å². The molecule has 0 radical (unpaired) electrons. The van der Waals surface area contributed by atoms with E-state index >= 15 is 0 Å². The number of anilines is 1. The molecular formula is C23H27NS2. The lowest BCUT2D eigenvalue weighted by atomic mass is 9.51. The largest absolute Gasteiger partial charge is 0.353 e. The Labute approximate surface area is 164 Å². The van der Waals surface area contributed by atoms with Crippen molar-refractivity contribution >= 4 is 37.8 Å². The van der Waals surface area contributed by atoms with Gasteiger partial charge >= 0.3 is 0 Å². The first-order chi connectivity index (χ1) is 12.1. The zero-order valence-electron chi connectivity index (χ0n) is 16.7. The second-order valence-electron chi connectivity index (χ2n) is 9.29. The second kappa shape index (κ2) is 4.74. The van der Waals surface area contributed by atoms with Gasteiger partial charge in [0.1, 0.15) is 0 Å². The zero-order chi connectivity index (χ0) is 18.6. The fraction of sp³-hybridized carbons (Fsp3) is 0.478. The van der Waals surface area contributed by atoms with Gasteiger partial charge in [-0.25, -0.2) is 0 Å². The van der Waals surface area contributed by atoms with Crippen molar-refractivity contribution in [2.75, 3.05) is 4.90 Å². The standard InChI is InChI=1S/C23H27NS2/c1-13-9-8-10-15-18(13)24-14(2)19-17(20-16(26-19)11-12-25-20)23(24,7)22(5,6)21(15,3)4/h8-12,14H,1-7H3/t14-,23?/m0/s1. The quantitative estimate of drug-likeness (QED) is 0.392. The number of rotatable bonds is 0. The van der Waals surface area contributed by atoms with Gasteiger partial charge in [0.15, 0.2) is 0 Å². The highest BCUT2D eigenvalue weighted by atomic mass is 32.1. The summed E-state index contributed by atoms with van der Waals surface area (Å²) in [6.45, 7) is 17.1. The molecule has 2 aromatic heterocycles. The van der Waals surface area contributed by atoms with Crippen LogP contribution in [0.4, 0.5) is 5.69 Å². The first-order valence-electron chi connectivity index (χ1n) is 9.54. The van der Waals surface area contributed by atoms with Gasteiger partial charge in [-0.3, -0.25) is 0 Å². The molecule has 1 unspecified atom stereocenters. The maximum Gasteiger partial charge on any atom is 0.0717 e. The van der Waals surface area contributed by atoms with Gasteiger partial charge in [-0.15, -0.1) is 22.7 Å². The van der Waals surface area contributed by atoms with Crippen LogP contribution in [0, 0.1) is 12.3 Å². The summed E-state index contributed by atoms with van der Waals surface area (Å²) in [4.78, 5) is 4.35. The van der Waals surface area contributed by atoms with Crippen LogP contribution in [0.25, 0.3) is 9.40 Å². The van der Waals surface area contributed by atoms with Gasteiger partial charge in [0.05, 0.1) is 16.3 Å². The van der Waals surface area contributed by atoms with Crippen molar-refractivity contribution in [3.8, 4) is 0 Å². The topological polar surface area (TPSA) is 3.24 Å². The molecule has 1 nitrogen and oxygen atoms in total. The molecule has 2 atom stereocenters. The van der Waals surface area contributed by atoms with Crippen molar-refractivity contribution in [1.82, 2.24) is 0 Å². The summed E-state index contributed by atoms with van der Waals surface area (Å²) in [5.74, 6) is 0. The van der Waals surface area contributed by atoms with Gasteiger partial charge < -0.3 is 4.90 Å². The number of aryl methyl sites for hydroxylation is 1. The summed E-state index contributed by atoms with van der Waals surface area (Å²) < 4.78 is 2.99. The fourth-order valence-electron chi connectivity index (χ4n) is 5.68. The van der Waals surface area contributed by atoms with Crippen molar-refractivity contribution in [1.29, 1.82) is 0 Å². The number of para-hydroxylation sites is 1. The van der Waals surface area contributed by atoms with Crippen molar-refractivity contribution in [3.05, 3.63) is 51.2 Å². The molecule has 0 fully saturated rings. The number of benzene rings is 1. The lowest BCUT2D eigenvalue weighted by Gasteiger charge is -2.62. The van der Waals surface area contributed by atoms with Gasteiger partial charge in [0.25, 0.3) is 0 Å². The van der Waals surface area contributed by atoms with E-state index in [0.717, 1.165) is 0 Å². The summed E-state index contributed by atoms with van der Waals surface area (Å²) in [5, 5.41) is 2.26. The normalized spacial score (nSPS) is 28.1. The Balaban J connectivity index is 1.95. The highest BCUT2D eigenvalue weighted by Crippen LogP contribution is 2.69. The second-order valence-corrected chi connectivity index (χ2v) is 11.3. The summed E-state index contributed by atoms with van der Waals surface area (Å²) in [5.41, 5.74) is 6.16. The summed E-state index contributed by atoms with van der Waals surface area (Å²) in [6, 6.07) is 9.62. The first kappa shape index (κ1) is 16.8. The van der Waals surface area contributed by atoms with E-state index in [0.29, 0.717) is 6.04 Å². The van der Waals surface area contributed by atoms with Crippen LogP contribution >= 0.6 is 22.7 Å². The Bertz CT molecular complexity index is 1050. The molecule has 0 bridgehead atoms. The third-order valence-electron chi connectivity index (χ3n) is 7.99. The van der Waals surface area contributed by atoms with E-state index in [9.17, 15) is 0 Å². The van der Waals surface area contributed by atoms with Gasteiger partial charge in [0.2, 0.25) is 0 Å². The molecule has 0 N–H and O–H groups in total. The Morgan fingerprint density at radius 3 is 2.50 bits per heavy atom. The minimum atomic E-state index is -0.00648. The predicted molar refractivity (Wildman–Crippen MR) is 116 cm³/mol. The summed E-state index contributed by atoms with van der Waals surface area (Å²) in [6.07, 6.45) is 0. The maximum atomic E-state index is 2.77. The maximum absolute atomic E-state index is 2.77. The molecule has 0 saturated heterocycles. The SMILES string of the molecule is Cc1cccc2c1N1[C@@H](C)c3sc4ccsc4c3C1(C)C(C)(C)C2(C)C. The molecule has 0 spiro atoms. The monoisotopic (exact) mass is 381 g/mol. The molecule has 1 aromatic carbocycles. The van der Waals surface area contributed by atoms with Gasteiger partial charge in [-0.05, 0) is 48.8 Å². The number of fused-ring (bicyclic) bond motifs is 7. The summed E-state index contributed by atoms with van der Waals surface area (Å²) in [7, 11) is 0. The molecule has 3 heteroatoms. The van der Waals surface area contributed by atoms with E-state index in [-0.39, 0.29) is 16.4 Å². The number of hydrogen-bond acceptors (Lipinski definition) is 3. The third-order valence-corrected chi connectivity index (χ3v) is 10.4. The number of nitrogens with zero attached hydrogens (tertiary/aromatic N) is 1. The van der Waals surface area contributed by atoms with Crippen LogP contribution in [-0.4, -0.2) is 0 Å². The minimum absolute atomic E-state index is 0.00648. The smallest absolute Gasteiger partial charge is 0.0717 e. The molecule has 3 aromatic rings. The van der Waals surface area contributed by atoms with E-state index in [2.05, 4.69) is 83.0 Å². The van der Waals surface area contributed by atoms with E-state index < -0.39 is 0 Å². The molecule has 2 aliphatic heterocycles. The summed E-state index contributed by atoms with van der Waals surface area (Å²) >= 11 is 3.94. The van der Waals surface area contributed by atoms with E-state index in [4.69, 9.17) is 0 Å². The Morgan fingerprint density at radius 1 is 1.04 bits per heavy atom. The fourth-order valence-corrected chi connectivity index (χ4v) is 8.30. The molecule has 4 heterocycles. The van der Waals surface area contributed by atoms with Gasteiger partial charge in [-0.1, -0.05) is 45.9 Å². The molecule has 5 rings (SSSR count). The molecule has 2 aliphatic rings. The van der Waals surface area contributed by atoms with Crippen LogP contribution in [0.5, 0.6) is 0 Å². The van der Waals surface area contributed by atoms with Crippen LogP contribution in [0.2, 0.25) is 0 Å². The Hall–Kier alpha value is -1.32. The molecule has 0 saturated carbocycles. The number of thiophene rings is 2.